The number of nitrogens with zero attached hydrogens (tertiary/aromatic N) is 4. The standard InChI is InChI=1S/C17H22N4O/c1-3-14-10-16(21(2)11-12-8-15(22)9-12)20-17(19-14)13-4-6-18-7-5-13/h4-7,10,12,15,22H,3,8-9,11H2,1-2H3. The van der Waals surface area contributed by atoms with Crippen molar-refractivity contribution in [2.45, 2.75) is 32.3 Å². The van der Waals surface area contributed by atoms with E-state index < -0.39 is 0 Å². The van der Waals surface area contributed by atoms with Crippen molar-refractivity contribution in [2.75, 3.05) is 18.5 Å². The Morgan fingerprint density at radius 1 is 1.23 bits per heavy atom. The van der Waals surface area contributed by atoms with E-state index in [0.717, 1.165) is 48.7 Å². The number of aromatic nitrogens is 3. The van der Waals surface area contributed by atoms with Gasteiger partial charge >= 0.3 is 0 Å². The highest BCUT2D eigenvalue weighted by Gasteiger charge is 2.28. The van der Waals surface area contributed by atoms with E-state index in [9.17, 15) is 5.11 Å². The van der Waals surface area contributed by atoms with Crippen LogP contribution in [0.15, 0.2) is 30.6 Å². The van der Waals surface area contributed by atoms with Crippen molar-refractivity contribution in [3.63, 3.8) is 0 Å². The molecule has 0 saturated heterocycles. The second-order valence-corrected chi connectivity index (χ2v) is 6.00. The van der Waals surface area contributed by atoms with E-state index in [1.54, 1.807) is 12.4 Å². The van der Waals surface area contributed by atoms with Gasteiger partial charge in [0.2, 0.25) is 0 Å². The van der Waals surface area contributed by atoms with Gasteiger partial charge in [-0.2, -0.15) is 0 Å². The highest BCUT2D eigenvalue weighted by atomic mass is 16.3. The van der Waals surface area contributed by atoms with E-state index in [4.69, 9.17) is 4.98 Å². The average molecular weight is 298 g/mol. The zero-order chi connectivity index (χ0) is 15.5. The third kappa shape index (κ3) is 3.25. The van der Waals surface area contributed by atoms with Crippen LogP contribution in [0.3, 0.4) is 0 Å². The molecule has 1 N–H and O–H groups in total. The van der Waals surface area contributed by atoms with Crippen LogP contribution in [0.25, 0.3) is 11.4 Å². The topological polar surface area (TPSA) is 62.1 Å². The van der Waals surface area contributed by atoms with Crippen LogP contribution in [-0.2, 0) is 6.42 Å². The van der Waals surface area contributed by atoms with E-state index in [1.165, 1.54) is 0 Å². The molecular formula is C17H22N4O. The second kappa shape index (κ2) is 6.40. The fourth-order valence-corrected chi connectivity index (χ4v) is 2.82. The van der Waals surface area contributed by atoms with Crippen LogP contribution in [0.5, 0.6) is 0 Å². The van der Waals surface area contributed by atoms with Gasteiger partial charge in [-0.3, -0.25) is 4.98 Å². The summed E-state index contributed by atoms with van der Waals surface area (Å²) in [6.45, 7) is 3.03. The van der Waals surface area contributed by atoms with Crippen molar-refractivity contribution < 1.29 is 5.11 Å². The zero-order valence-electron chi connectivity index (χ0n) is 13.1. The number of rotatable bonds is 5. The van der Waals surface area contributed by atoms with E-state index in [-0.39, 0.29) is 6.10 Å². The first-order chi connectivity index (χ1) is 10.7. The minimum absolute atomic E-state index is 0.109. The van der Waals surface area contributed by atoms with Crippen molar-refractivity contribution in [2.24, 2.45) is 5.92 Å². The Morgan fingerprint density at radius 2 is 1.95 bits per heavy atom. The van der Waals surface area contributed by atoms with Gasteiger partial charge in [0.15, 0.2) is 5.82 Å². The molecule has 0 unspecified atom stereocenters. The monoisotopic (exact) mass is 298 g/mol. The van der Waals surface area contributed by atoms with Gasteiger partial charge < -0.3 is 10.0 Å². The number of hydrogen-bond donors (Lipinski definition) is 1. The lowest BCUT2D eigenvalue weighted by atomic mass is 9.82. The molecule has 2 aromatic rings. The van der Waals surface area contributed by atoms with Gasteiger partial charge in [-0.25, -0.2) is 9.97 Å². The summed E-state index contributed by atoms with van der Waals surface area (Å²) in [6, 6.07) is 5.92. The molecule has 0 bridgehead atoms. The smallest absolute Gasteiger partial charge is 0.161 e. The van der Waals surface area contributed by atoms with Crippen molar-refractivity contribution in [3.8, 4) is 11.4 Å². The summed E-state index contributed by atoms with van der Waals surface area (Å²) in [7, 11) is 2.06. The fraction of sp³-hybridized carbons (Fsp3) is 0.471. The third-order valence-corrected chi connectivity index (χ3v) is 4.20. The number of aryl methyl sites for hydroxylation is 1. The lowest BCUT2D eigenvalue weighted by Crippen LogP contribution is -2.37. The van der Waals surface area contributed by atoms with Crippen molar-refractivity contribution >= 4 is 5.82 Å². The van der Waals surface area contributed by atoms with Crippen molar-refractivity contribution in [1.82, 2.24) is 15.0 Å². The van der Waals surface area contributed by atoms with Gasteiger partial charge in [0, 0.05) is 43.3 Å². The van der Waals surface area contributed by atoms with Crippen LogP contribution in [0.4, 0.5) is 5.82 Å². The van der Waals surface area contributed by atoms with Gasteiger partial charge in [-0.05, 0) is 37.3 Å². The summed E-state index contributed by atoms with van der Waals surface area (Å²) in [5, 5.41) is 9.43. The second-order valence-electron chi connectivity index (χ2n) is 6.00. The van der Waals surface area contributed by atoms with E-state index >= 15 is 0 Å². The molecule has 5 heteroatoms. The molecule has 0 atom stereocenters. The molecular weight excluding hydrogens is 276 g/mol. The minimum atomic E-state index is -0.109. The van der Waals surface area contributed by atoms with Gasteiger partial charge in [-0.1, -0.05) is 6.92 Å². The molecule has 0 radical (unpaired) electrons. The van der Waals surface area contributed by atoms with Crippen molar-refractivity contribution in [1.29, 1.82) is 0 Å². The molecule has 0 spiro atoms. The first-order valence-corrected chi connectivity index (χ1v) is 7.83. The van der Waals surface area contributed by atoms with Gasteiger partial charge in [0.1, 0.15) is 5.82 Å². The summed E-state index contributed by atoms with van der Waals surface area (Å²) >= 11 is 0. The molecule has 5 nitrogen and oxygen atoms in total. The summed E-state index contributed by atoms with van der Waals surface area (Å²) in [5.74, 6) is 2.25. The SMILES string of the molecule is CCc1cc(N(C)CC2CC(O)C2)nc(-c2ccncc2)n1. The first-order valence-electron chi connectivity index (χ1n) is 7.83. The van der Waals surface area contributed by atoms with E-state index in [2.05, 4.69) is 34.9 Å². The van der Waals surface area contributed by atoms with Crippen LogP contribution >= 0.6 is 0 Å². The Kier molecular flexibility index (Phi) is 4.34. The normalized spacial score (nSPS) is 20.5. The average Bonchev–Trinajstić information content (AvgIpc) is 2.53. The summed E-state index contributed by atoms with van der Waals surface area (Å²) < 4.78 is 0. The van der Waals surface area contributed by atoms with E-state index in [0.29, 0.717) is 5.92 Å². The third-order valence-electron chi connectivity index (χ3n) is 4.20. The molecule has 1 aliphatic carbocycles. The van der Waals surface area contributed by atoms with E-state index in [1.807, 2.05) is 12.1 Å². The molecule has 2 heterocycles. The highest BCUT2D eigenvalue weighted by molar-refractivity contribution is 5.57. The van der Waals surface area contributed by atoms with Crippen LogP contribution in [0, 0.1) is 5.92 Å². The van der Waals surface area contributed by atoms with Crippen LogP contribution in [0.1, 0.15) is 25.5 Å². The molecule has 3 rings (SSSR count). The molecule has 0 aliphatic heterocycles. The quantitative estimate of drug-likeness (QED) is 0.918. The lowest BCUT2D eigenvalue weighted by molar-refractivity contribution is 0.0464. The van der Waals surface area contributed by atoms with Gasteiger partial charge in [-0.15, -0.1) is 0 Å². The Bertz CT molecular complexity index is 626. The fourth-order valence-electron chi connectivity index (χ4n) is 2.82. The lowest BCUT2D eigenvalue weighted by Gasteiger charge is -2.34. The molecule has 2 aromatic heterocycles. The minimum Gasteiger partial charge on any atom is -0.393 e. The first kappa shape index (κ1) is 14.9. The maximum atomic E-state index is 9.43. The van der Waals surface area contributed by atoms with Crippen LogP contribution in [0.2, 0.25) is 0 Å². The zero-order valence-corrected chi connectivity index (χ0v) is 13.1. The highest BCUT2D eigenvalue weighted by Crippen LogP contribution is 2.29. The largest absolute Gasteiger partial charge is 0.393 e. The summed E-state index contributed by atoms with van der Waals surface area (Å²) in [6.07, 6.45) is 6.08. The predicted molar refractivity (Wildman–Crippen MR) is 86.6 cm³/mol. The summed E-state index contributed by atoms with van der Waals surface area (Å²) in [4.78, 5) is 15.5. The molecule has 116 valence electrons. The Labute approximate surface area is 131 Å². The number of hydrogen-bond acceptors (Lipinski definition) is 5. The molecule has 0 aromatic carbocycles. The maximum Gasteiger partial charge on any atom is 0.161 e. The number of aliphatic hydroxyl groups excluding tert-OH is 1. The van der Waals surface area contributed by atoms with Crippen molar-refractivity contribution in [3.05, 3.63) is 36.3 Å². The van der Waals surface area contributed by atoms with Gasteiger partial charge in [0.05, 0.1) is 6.10 Å². The number of aliphatic hydroxyl groups is 1. The number of anilines is 1. The predicted octanol–water partition coefficient (Wildman–Crippen LogP) is 2.31. The number of pyridine rings is 1. The Balaban J connectivity index is 1.84. The molecule has 1 saturated carbocycles. The maximum absolute atomic E-state index is 9.43. The molecule has 22 heavy (non-hydrogen) atoms. The van der Waals surface area contributed by atoms with Crippen LogP contribution < -0.4 is 4.90 Å². The molecule has 0 amide bonds. The van der Waals surface area contributed by atoms with Gasteiger partial charge in [0.25, 0.3) is 0 Å². The summed E-state index contributed by atoms with van der Waals surface area (Å²) in [5.41, 5.74) is 2.02. The Hall–Kier alpha value is -2.01. The Morgan fingerprint density at radius 3 is 2.59 bits per heavy atom. The molecule has 1 aliphatic rings. The molecule has 1 fully saturated rings. The van der Waals surface area contributed by atoms with Crippen LogP contribution in [-0.4, -0.2) is 39.8 Å².